The second-order valence-electron chi connectivity index (χ2n) is 6.14. The van der Waals surface area contributed by atoms with Crippen molar-refractivity contribution in [2.75, 3.05) is 0 Å². The van der Waals surface area contributed by atoms with Gasteiger partial charge in [-0.3, -0.25) is 10.5 Å². The van der Waals surface area contributed by atoms with Gasteiger partial charge in [-0.25, -0.2) is 0 Å². The summed E-state index contributed by atoms with van der Waals surface area (Å²) in [6.45, 7) is 2.02. The van der Waals surface area contributed by atoms with Crippen LogP contribution in [0.15, 0.2) is 54.6 Å². The Morgan fingerprint density at radius 1 is 1.12 bits per heavy atom. The molecule has 0 amide bonds. The molecule has 0 saturated carbocycles. The quantitative estimate of drug-likeness (QED) is 0.745. The number of aromatic nitrogens is 2. The summed E-state index contributed by atoms with van der Waals surface area (Å²) in [7, 11) is 0. The van der Waals surface area contributed by atoms with Crippen LogP contribution in [0, 0.1) is 29.6 Å². The van der Waals surface area contributed by atoms with Gasteiger partial charge in [0.05, 0.1) is 17.3 Å². The summed E-state index contributed by atoms with van der Waals surface area (Å²) >= 11 is 0. The standard InChI is InChI=1S/C20H16N4O/c1-12-7-9-13(10-8-12)16-15(11-21)19(22)25-20-17(16)18(23-24-20)14-5-3-2-4-6-14/h2-10,15-16,22H,1H3,(H,23,24). The molecule has 2 aromatic carbocycles. The molecule has 25 heavy (non-hydrogen) atoms. The van der Waals surface area contributed by atoms with Crippen molar-refractivity contribution in [3.05, 3.63) is 71.3 Å². The van der Waals surface area contributed by atoms with Crippen LogP contribution in [-0.4, -0.2) is 16.1 Å². The first-order chi connectivity index (χ1) is 12.2. The van der Waals surface area contributed by atoms with Gasteiger partial charge >= 0.3 is 0 Å². The van der Waals surface area contributed by atoms with Gasteiger partial charge in [0.1, 0.15) is 5.92 Å². The lowest BCUT2D eigenvalue weighted by atomic mass is 9.78. The van der Waals surface area contributed by atoms with E-state index in [1.807, 2.05) is 61.5 Å². The maximum Gasteiger partial charge on any atom is 0.244 e. The van der Waals surface area contributed by atoms with Gasteiger partial charge in [0.25, 0.3) is 0 Å². The van der Waals surface area contributed by atoms with Crippen molar-refractivity contribution >= 4 is 5.90 Å². The number of nitrogens with zero attached hydrogens (tertiary/aromatic N) is 2. The molecule has 1 aromatic heterocycles. The van der Waals surface area contributed by atoms with E-state index in [1.165, 1.54) is 0 Å². The monoisotopic (exact) mass is 328 g/mol. The van der Waals surface area contributed by atoms with Gasteiger partial charge in [-0.2, -0.15) is 5.26 Å². The van der Waals surface area contributed by atoms with E-state index in [0.29, 0.717) is 5.88 Å². The molecule has 0 bridgehead atoms. The van der Waals surface area contributed by atoms with Gasteiger partial charge in [-0.05, 0) is 18.1 Å². The Bertz CT molecular complexity index is 967. The van der Waals surface area contributed by atoms with Crippen molar-refractivity contribution < 1.29 is 4.74 Å². The van der Waals surface area contributed by atoms with Crippen molar-refractivity contribution in [3.63, 3.8) is 0 Å². The number of fused-ring (bicyclic) bond motifs is 1. The van der Waals surface area contributed by atoms with E-state index < -0.39 is 5.92 Å². The average molecular weight is 328 g/mol. The third-order valence-electron chi connectivity index (χ3n) is 4.54. The Labute approximate surface area is 145 Å². The second kappa shape index (κ2) is 5.91. The first kappa shape index (κ1) is 15.2. The summed E-state index contributed by atoms with van der Waals surface area (Å²) in [5.74, 6) is -0.668. The van der Waals surface area contributed by atoms with Crippen LogP contribution in [0.4, 0.5) is 0 Å². The van der Waals surface area contributed by atoms with E-state index in [2.05, 4.69) is 16.3 Å². The fourth-order valence-corrected chi connectivity index (χ4v) is 3.28. The van der Waals surface area contributed by atoms with E-state index in [1.54, 1.807) is 0 Å². The molecule has 1 aliphatic rings. The van der Waals surface area contributed by atoms with Gasteiger partial charge < -0.3 is 4.74 Å². The first-order valence-electron chi connectivity index (χ1n) is 8.05. The Kier molecular flexibility index (Phi) is 3.58. The number of nitrogens with one attached hydrogen (secondary N) is 2. The normalized spacial score (nSPS) is 19.0. The van der Waals surface area contributed by atoms with Crippen molar-refractivity contribution in [2.24, 2.45) is 5.92 Å². The minimum Gasteiger partial charge on any atom is -0.422 e. The van der Waals surface area contributed by atoms with Crippen LogP contribution in [0.5, 0.6) is 5.88 Å². The van der Waals surface area contributed by atoms with Crippen LogP contribution in [0.25, 0.3) is 11.3 Å². The molecule has 2 heterocycles. The highest BCUT2D eigenvalue weighted by molar-refractivity contribution is 5.86. The zero-order chi connectivity index (χ0) is 17.4. The zero-order valence-electron chi connectivity index (χ0n) is 13.7. The molecule has 2 N–H and O–H groups in total. The van der Waals surface area contributed by atoms with Crippen LogP contribution < -0.4 is 4.74 Å². The van der Waals surface area contributed by atoms with Gasteiger partial charge in [0.2, 0.25) is 11.8 Å². The summed E-state index contributed by atoms with van der Waals surface area (Å²) in [5, 5.41) is 25.1. The predicted octanol–water partition coefficient (Wildman–Crippen LogP) is 4.03. The first-order valence-corrected chi connectivity index (χ1v) is 8.05. The van der Waals surface area contributed by atoms with E-state index in [9.17, 15) is 5.26 Å². The van der Waals surface area contributed by atoms with Crippen LogP contribution in [0.2, 0.25) is 0 Å². The smallest absolute Gasteiger partial charge is 0.244 e. The highest BCUT2D eigenvalue weighted by atomic mass is 16.5. The molecule has 4 rings (SSSR count). The Morgan fingerprint density at radius 2 is 1.84 bits per heavy atom. The molecule has 122 valence electrons. The van der Waals surface area contributed by atoms with E-state index in [0.717, 1.165) is 27.9 Å². The molecular weight excluding hydrogens is 312 g/mol. The molecule has 0 radical (unpaired) electrons. The fourth-order valence-electron chi connectivity index (χ4n) is 3.28. The molecule has 3 aromatic rings. The minimum atomic E-state index is -0.685. The highest BCUT2D eigenvalue weighted by Crippen LogP contribution is 2.45. The molecule has 0 saturated heterocycles. The number of aryl methyl sites for hydroxylation is 1. The van der Waals surface area contributed by atoms with Gasteiger partial charge in [0.15, 0.2) is 0 Å². The number of H-pyrrole nitrogens is 1. The number of rotatable bonds is 2. The van der Waals surface area contributed by atoms with E-state index >= 15 is 0 Å². The highest BCUT2D eigenvalue weighted by Gasteiger charge is 2.40. The molecule has 2 unspecified atom stereocenters. The average Bonchev–Trinajstić information content (AvgIpc) is 3.05. The summed E-state index contributed by atoms with van der Waals surface area (Å²) < 4.78 is 5.53. The maximum atomic E-state index is 9.67. The Balaban J connectivity index is 1.94. The SMILES string of the molecule is Cc1ccc(C2c3c(n[nH]c3-c3ccccc3)OC(=N)C2C#N)cc1. The van der Waals surface area contributed by atoms with Crippen LogP contribution in [-0.2, 0) is 0 Å². The molecule has 0 spiro atoms. The second-order valence-corrected chi connectivity index (χ2v) is 6.14. The number of hydrogen-bond donors (Lipinski definition) is 2. The summed E-state index contributed by atoms with van der Waals surface area (Å²) in [5.41, 5.74) is 4.76. The predicted molar refractivity (Wildman–Crippen MR) is 94.5 cm³/mol. The fraction of sp³-hybridized carbons (Fsp3) is 0.150. The van der Waals surface area contributed by atoms with Crippen molar-refractivity contribution in [2.45, 2.75) is 12.8 Å². The molecule has 5 heteroatoms. The Hall–Kier alpha value is -3.39. The number of nitriles is 1. The topological polar surface area (TPSA) is 85.5 Å². The van der Waals surface area contributed by atoms with Crippen LogP contribution >= 0.6 is 0 Å². The minimum absolute atomic E-state index is 0.0633. The number of benzene rings is 2. The zero-order valence-corrected chi connectivity index (χ0v) is 13.7. The number of ether oxygens (including phenoxy) is 1. The molecular formula is C20H16N4O. The Morgan fingerprint density at radius 3 is 2.52 bits per heavy atom. The number of hydrogen-bond acceptors (Lipinski definition) is 4. The molecule has 1 aliphatic heterocycles. The molecule has 0 aliphatic carbocycles. The van der Waals surface area contributed by atoms with Crippen LogP contribution in [0.1, 0.15) is 22.6 Å². The molecule has 0 fully saturated rings. The summed E-state index contributed by atoms with van der Waals surface area (Å²) in [6.07, 6.45) is 0. The van der Waals surface area contributed by atoms with Gasteiger partial charge in [0, 0.05) is 5.92 Å². The van der Waals surface area contributed by atoms with Crippen LogP contribution in [0.3, 0.4) is 0 Å². The lowest BCUT2D eigenvalue weighted by Gasteiger charge is -2.28. The molecule has 5 nitrogen and oxygen atoms in total. The lowest BCUT2D eigenvalue weighted by molar-refractivity contribution is 0.437. The lowest BCUT2D eigenvalue weighted by Crippen LogP contribution is -2.30. The van der Waals surface area contributed by atoms with E-state index in [4.69, 9.17) is 10.1 Å². The van der Waals surface area contributed by atoms with Crippen molar-refractivity contribution in [1.82, 2.24) is 10.2 Å². The van der Waals surface area contributed by atoms with Gasteiger partial charge in [-0.1, -0.05) is 60.2 Å². The van der Waals surface area contributed by atoms with E-state index in [-0.39, 0.29) is 11.8 Å². The summed E-state index contributed by atoms with van der Waals surface area (Å²) in [6, 6.07) is 20.1. The third-order valence-corrected chi connectivity index (χ3v) is 4.54. The number of aromatic amines is 1. The largest absolute Gasteiger partial charge is 0.422 e. The van der Waals surface area contributed by atoms with Crippen molar-refractivity contribution in [3.8, 4) is 23.2 Å². The van der Waals surface area contributed by atoms with Gasteiger partial charge in [-0.15, -0.1) is 5.10 Å². The third kappa shape index (κ3) is 2.48. The molecule has 2 atom stereocenters. The summed E-state index contributed by atoms with van der Waals surface area (Å²) in [4.78, 5) is 0. The maximum absolute atomic E-state index is 9.67. The van der Waals surface area contributed by atoms with Crippen molar-refractivity contribution in [1.29, 1.82) is 10.7 Å².